The van der Waals surface area contributed by atoms with E-state index in [0.29, 0.717) is 0 Å². The van der Waals surface area contributed by atoms with Gasteiger partial charge in [-0.05, 0) is 23.6 Å². The fourth-order valence-electron chi connectivity index (χ4n) is 2.24. The molecule has 0 saturated carbocycles. The number of benzene rings is 1. The summed E-state index contributed by atoms with van der Waals surface area (Å²) in [7, 11) is 0. The van der Waals surface area contributed by atoms with E-state index in [4.69, 9.17) is 10.5 Å². The number of carbonyl (C=O) groups is 1. The topological polar surface area (TPSA) is 64.7 Å². The van der Waals surface area contributed by atoms with E-state index in [1.165, 1.54) is 0 Å². The number of carbonyl (C=O) groups excluding carboxylic acids is 1. The zero-order valence-corrected chi connectivity index (χ0v) is 11.4. The van der Waals surface area contributed by atoms with Gasteiger partial charge in [-0.2, -0.15) is 10.5 Å². The molecule has 2 rings (SSSR count). The fraction of sp³-hybridized carbons (Fsp3) is 0.188. The molecular formula is C16H10F2N2O. The Morgan fingerprint density at radius 3 is 2.14 bits per heavy atom. The van der Waals surface area contributed by atoms with Crippen LogP contribution in [0.1, 0.15) is 29.8 Å². The van der Waals surface area contributed by atoms with Gasteiger partial charge >= 0.3 is 0 Å². The minimum atomic E-state index is -1.14. The number of nitrogens with zero attached hydrogens (tertiary/aromatic N) is 2. The van der Waals surface area contributed by atoms with E-state index in [9.17, 15) is 13.6 Å². The van der Waals surface area contributed by atoms with Crippen LogP contribution < -0.4 is 0 Å². The van der Waals surface area contributed by atoms with E-state index in [2.05, 4.69) is 0 Å². The molecule has 0 atom stereocenters. The summed E-state index contributed by atoms with van der Waals surface area (Å²) in [5, 5.41) is 18.1. The normalized spacial score (nSPS) is 15.1. The van der Waals surface area contributed by atoms with Gasteiger partial charge < -0.3 is 0 Å². The highest BCUT2D eigenvalue weighted by atomic mass is 19.2. The summed E-state index contributed by atoms with van der Waals surface area (Å²) in [5.41, 5.74) is -0.0154. The summed E-state index contributed by atoms with van der Waals surface area (Å²) in [6.45, 7) is 3.64. The van der Waals surface area contributed by atoms with Gasteiger partial charge in [-0.1, -0.05) is 19.9 Å². The number of hydrogen-bond acceptors (Lipinski definition) is 3. The average Bonchev–Trinajstić information content (AvgIpc) is 2.66. The Morgan fingerprint density at radius 2 is 1.67 bits per heavy atom. The van der Waals surface area contributed by atoms with E-state index < -0.39 is 17.4 Å². The Balaban J connectivity index is 2.88. The van der Waals surface area contributed by atoms with Crippen LogP contribution in [0, 0.1) is 40.2 Å². The van der Waals surface area contributed by atoms with Crippen LogP contribution in [0.3, 0.4) is 0 Å². The van der Waals surface area contributed by atoms with E-state index >= 15 is 0 Å². The first-order valence-corrected chi connectivity index (χ1v) is 6.21. The molecule has 21 heavy (non-hydrogen) atoms. The first-order valence-electron chi connectivity index (χ1n) is 6.21. The fourth-order valence-corrected chi connectivity index (χ4v) is 2.24. The second kappa shape index (κ2) is 5.30. The van der Waals surface area contributed by atoms with Crippen molar-refractivity contribution in [2.45, 2.75) is 13.8 Å². The number of fused-ring (bicyclic) bond motifs is 1. The second-order valence-corrected chi connectivity index (χ2v) is 4.94. The molecule has 0 spiro atoms. The average molecular weight is 284 g/mol. The van der Waals surface area contributed by atoms with Crippen LogP contribution in [0.15, 0.2) is 29.4 Å². The minimum absolute atomic E-state index is 0.0263. The number of rotatable bonds is 1. The summed E-state index contributed by atoms with van der Waals surface area (Å²) in [6, 6.07) is 5.06. The minimum Gasteiger partial charge on any atom is -0.289 e. The largest absolute Gasteiger partial charge is 0.289 e. The molecule has 0 aromatic heterocycles. The molecule has 0 amide bonds. The summed E-state index contributed by atoms with van der Waals surface area (Å²) in [5.74, 6) is -2.79. The molecule has 0 saturated heterocycles. The van der Waals surface area contributed by atoms with Gasteiger partial charge in [0.2, 0.25) is 0 Å². The van der Waals surface area contributed by atoms with Crippen LogP contribution >= 0.6 is 0 Å². The van der Waals surface area contributed by atoms with Crippen molar-refractivity contribution in [1.29, 1.82) is 10.5 Å². The molecule has 0 fully saturated rings. The number of halogens is 2. The molecule has 0 bridgehead atoms. The van der Waals surface area contributed by atoms with Gasteiger partial charge in [0.25, 0.3) is 0 Å². The maximum atomic E-state index is 13.4. The highest BCUT2D eigenvalue weighted by Crippen LogP contribution is 2.40. The number of Topliss-reactive ketones (excluding diaryl/α,β-unsaturated/α-hetero) is 1. The molecule has 0 heterocycles. The zero-order chi connectivity index (χ0) is 15.7. The molecule has 0 radical (unpaired) electrons. The molecule has 3 nitrogen and oxygen atoms in total. The van der Waals surface area contributed by atoms with Crippen LogP contribution in [-0.4, -0.2) is 5.78 Å². The van der Waals surface area contributed by atoms with Crippen molar-refractivity contribution >= 4 is 11.4 Å². The van der Waals surface area contributed by atoms with Crippen LogP contribution in [0.2, 0.25) is 0 Å². The lowest BCUT2D eigenvalue weighted by Gasteiger charge is -2.03. The summed E-state index contributed by atoms with van der Waals surface area (Å²) >= 11 is 0. The lowest BCUT2D eigenvalue weighted by atomic mass is 9.97. The monoisotopic (exact) mass is 284 g/mol. The molecule has 0 N–H and O–H groups in total. The van der Waals surface area contributed by atoms with Gasteiger partial charge in [-0.3, -0.25) is 4.79 Å². The van der Waals surface area contributed by atoms with Crippen LogP contribution in [0.5, 0.6) is 0 Å². The van der Waals surface area contributed by atoms with Gasteiger partial charge in [0.1, 0.15) is 17.7 Å². The van der Waals surface area contributed by atoms with E-state index in [0.717, 1.165) is 12.1 Å². The molecule has 0 aliphatic heterocycles. The first-order chi connectivity index (χ1) is 9.90. The Morgan fingerprint density at radius 1 is 1.14 bits per heavy atom. The Hall–Kier alpha value is -2.79. The molecule has 5 heteroatoms. The summed E-state index contributed by atoms with van der Waals surface area (Å²) < 4.78 is 26.8. The predicted octanol–water partition coefficient (Wildman–Crippen LogP) is 3.54. The van der Waals surface area contributed by atoms with Crippen molar-refractivity contribution in [1.82, 2.24) is 0 Å². The molecule has 1 aliphatic rings. The van der Waals surface area contributed by atoms with E-state index in [1.807, 2.05) is 13.8 Å². The van der Waals surface area contributed by atoms with Crippen molar-refractivity contribution in [3.8, 4) is 12.1 Å². The van der Waals surface area contributed by atoms with Crippen molar-refractivity contribution in [3.05, 3.63) is 52.1 Å². The van der Waals surface area contributed by atoms with Crippen LogP contribution in [-0.2, 0) is 0 Å². The van der Waals surface area contributed by atoms with Crippen molar-refractivity contribution < 1.29 is 13.6 Å². The number of ketones is 1. The highest BCUT2D eigenvalue weighted by molar-refractivity contribution is 6.27. The van der Waals surface area contributed by atoms with Crippen molar-refractivity contribution in [2.24, 2.45) is 5.92 Å². The van der Waals surface area contributed by atoms with E-state index in [-0.39, 0.29) is 33.8 Å². The Labute approximate surface area is 120 Å². The smallest absolute Gasteiger partial charge is 0.194 e. The molecule has 104 valence electrons. The maximum absolute atomic E-state index is 13.4. The molecule has 1 aliphatic carbocycles. The Kier molecular flexibility index (Phi) is 3.69. The van der Waals surface area contributed by atoms with Crippen molar-refractivity contribution in [3.63, 3.8) is 0 Å². The van der Waals surface area contributed by atoms with Gasteiger partial charge in [0.15, 0.2) is 17.4 Å². The third-order valence-electron chi connectivity index (χ3n) is 3.06. The van der Waals surface area contributed by atoms with Crippen molar-refractivity contribution in [2.75, 3.05) is 0 Å². The zero-order valence-electron chi connectivity index (χ0n) is 11.4. The molecular weight excluding hydrogens is 274 g/mol. The van der Waals surface area contributed by atoms with Gasteiger partial charge in [0.05, 0.1) is 0 Å². The summed E-state index contributed by atoms with van der Waals surface area (Å²) in [6.07, 6.45) is 1.59. The molecule has 0 unspecified atom stereocenters. The lowest BCUT2D eigenvalue weighted by Crippen LogP contribution is -1.98. The predicted molar refractivity (Wildman–Crippen MR) is 71.8 cm³/mol. The van der Waals surface area contributed by atoms with Crippen LogP contribution in [0.4, 0.5) is 8.78 Å². The first kappa shape index (κ1) is 14.6. The third kappa shape index (κ3) is 2.34. The quantitative estimate of drug-likeness (QED) is 0.585. The SMILES string of the molecule is CC(C)/C=C1/C(=O)c2cc(F)c(F)cc2C1=C(C#N)C#N. The maximum Gasteiger partial charge on any atom is 0.194 e. The molecule has 1 aromatic rings. The Bertz CT molecular complexity index is 774. The van der Waals surface area contributed by atoms with Gasteiger partial charge in [-0.15, -0.1) is 0 Å². The van der Waals surface area contributed by atoms with Crippen LogP contribution in [0.25, 0.3) is 5.57 Å². The standard InChI is InChI=1S/C16H10F2N2O/c1-8(2)3-12-15(9(6-19)7-20)10-4-13(17)14(18)5-11(10)16(12)21/h3-5,8H,1-2H3/b12-3+. The number of allylic oxidation sites excluding steroid dienone is 4. The molecule has 1 aromatic carbocycles. The lowest BCUT2D eigenvalue weighted by molar-refractivity contribution is 0.104. The number of hydrogen-bond donors (Lipinski definition) is 0. The van der Waals surface area contributed by atoms with Gasteiger partial charge in [0, 0.05) is 16.7 Å². The summed E-state index contributed by atoms with van der Waals surface area (Å²) in [4.78, 5) is 12.3. The van der Waals surface area contributed by atoms with E-state index in [1.54, 1.807) is 18.2 Å². The number of nitriles is 2. The third-order valence-corrected chi connectivity index (χ3v) is 3.06. The van der Waals surface area contributed by atoms with Gasteiger partial charge in [-0.25, -0.2) is 8.78 Å². The highest BCUT2D eigenvalue weighted by Gasteiger charge is 2.34. The second-order valence-electron chi connectivity index (χ2n) is 4.94.